The van der Waals surface area contributed by atoms with Crippen molar-refractivity contribution < 1.29 is 17.9 Å². The van der Waals surface area contributed by atoms with Gasteiger partial charge >= 0.3 is 4.87 Å². The molecule has 8 nitrogen and oxygen atoms in total. The molecule has 0 aliphatic rings. The van der Waals surface area contributed by atoms with Crippen LogP contribution >= 0.6 is 22.9 Å². The molecule has 1 amide bonds. The van der Waals surface area contributed by atoms with Crippen LogP contribution in [0.25, 0.3) is 10.2 Å². The SMILES string of the molecule is COCCCNC(=O)c1ccccc1NS(=O)(=O)c1ccc2c(c1)sc(=O)n2Cc1ccc(Cl)cc1. The number of thiazole rings is 1. The number of aromatic nitrogens is 1. The van der Waals surface area contributed by atoms with Gasteiger partial charge in [0.1, 0.15) is 0 Å². The number of para-hydroxylation sites is 1. The van der Waals surface area contributed by atoms with Gasteiger partial charge in [-0.15, -0.1) is 0 Å². The second-order valence-corrected chi connectivity index (χ2v) is 11.1. The predicted molar refractivity (Wildman–Crippen MR) is 143 cm³/mol. The first-order chi connectivity index (χ1) is 17.3. The zero-order chi connectivity index (χ0) is 25.7. The van der Waals surface area contributed by atoms with Crippen molar-refractivity contribution in [2.75, 3.05) is 25.0 Å². The highest BCUT2D eigenvalue weighted by Crippen LogP contribution is 2.25. The maximum absolute atomic E-state index is 13.2. The Labute approximate surface area is 217 Å². The van der Waals surface area contributed by atoms with Crippen molar-refractivity contribution in [3.05, 3.63) is 92.5 Å². The molecule has 4 aromatic rings. The van der Waals surface area contributed by atoms with Crippen LogP contribution < -0.4 is 14.9 Å². The normalized spacial score (nSPS) is 11.5. The Kier molecular flexibility index (Phi) is 8.10. The molecule has 0 aliphatic carbocycles. The average molecular weight is 546 g/mol. The number of sulfonamides is 1. The second kappa shape index (κ2) is 11.3. The largest absolute Gasteiger partial charge is 0.385 e. The van der Waals surface area contributed by atoms with Crippen molar-refractivity contribution in [3.8, 4) is 0 Å². The number of methoxy groups -OCH3 is 1. The van der Waals surface area contributed by atoms with Gasteiger partial charge in [0.2, 0.25) is 0 Å². The predicted octanol–water partition coefficient (Wildman–Crippen LogP) is 4.33. The standard InChI is InChI=1S/C25H24ClN3O5S2/c1-34-14-4-13-27-24(30)20-5-2-3-6-21(20)28-36(32,33)19-11-12-22-23(15-19)35-25(31)29(22)16-17-7-9-18(26)10-8-17/h2-3,5-12,15,28H,4,13-14,16H2,1H3,(H,27,30). The number of fused-ring (bicyclic) bond motifs is 1. The number of hydrogen-bond donors (Lipinski definition) is 2. The number of ether oxygens (including phenoxy) is 1. The van der Waals surface area contributed by atoms with E-state index >= 15 is 0 Å². The first-order valence-corrected chi connectivity index (χ1v) is 13.7. The fourth-order valence-electron chi connectivity index (χ4n) is 3.62. The maximum atomic E-state index is 13.2. The van der Waals surface area contributed by atoms with Crippen LogP contribution in [0.2, 0.25) is 5.02 Å². The van der Waals surface area contributed by atoms with Crippen molar-refractivity contribution in [2.45, 2.75) is 17.9 Å². The third kappa shape index (κ3) is 5.96. The fraction of sp³-hybridized carbons (Fsp3) is 0.200. The first kappa shape index (κ1) is 25.9. The summed E-state index contributed by atoms with van der Waals surface area (Å²) in [6.07, 6.45) is 0.636. The Hall–Kier alpha value is -3.18. The summed E-state index contributed by atoms with van der Waals surface area (Å²) in [7, 11) is -2.45. The lowest BCUT2D eigenvalue weighted by molar-refractivity contribution is 0.0949. The van der Waals surface area contributed by atoms with Crippen LogP contribution in [0.1, 0.15) is 22.3 Å². The van der Waals surface area contributed by atoms with Crippen molar-refractivity contribution in [3.63, 3.8) is 0 Å². The van der Waals surface area contributed by atoms with Gasteiger partial charge < -0.3 is 10.1 Å². The molecule has 0 atom stereocenters. The molecular formula is C25H24ClN3O5S2. The molecule has 1 aromatic heterocycles. The molecule has 36 heavy (non-hydrogen) atoms. The van der Waals surface area contributed by atoms with Crippen LogP contribution in [0.3, 0.4) is 0 Å². The number of rotatable bonds is 10. The lowest BCUT2D eigenvalue weighted by atomic mass is 10.1. The van der Waals surface area contributed by atoms with Gasteiger partial charge in [-0.05, 0) is 54.4 Å². The Morgan fingerprint density at radius 3 is 2.58 bits per heavy atom. The summed E-state index contributed by atoms with van der Waals surface area (Å²) in [6.45, 7) is 1.24. The molecule has 2 N–H and O–H groups in total. The minimum Gasteiger partial charge on any atom is -0.385 e. The van der Waals surface area contributed by atoms with E-state index in [9.17, 15) is 18.0 Å². The molecule has 1 heterocycles. The Morgan fingerprint density at radius 1 is 1.08 bits per heavy atom. The van der Waals surface area contributed by atoms with E-state index in [0.717, 1.165) is 16.9 Å². The third-order valence-electron chi connectivity index (χ3n) is 5.43. The molecule has 0 bridgehead atoms. The molecule has 11 heteroatoms. The molecule has 0 aliphatic heterocycles. The zero-order valence-corrected chi connectivity index (χ0v) is 21.8. The maximum Gasteiger partial charge on any atom is 0.308 e. The number of hydrogen-bond acceptors (Lipinski definition) is 6. The molecule has 0 radical (unpaired) electrons. The van der Waals surface area contributed by atoms with Crippen LogP contribution in [-0.2, 0) is 21.3 Å². The van der Waals surface area contributed by atoms with Crippen LogP contribution in [0.15, 0.2) is 76.4 Å². The number of carbonyl (C=O) groups excluding carboxylic acids is 1. The number of benzene rings is 3. The molecular weight excluding hydrogens is 522 g/mol. The van der Waals surface area contributed by atoms with Gasteiger partial charge in [-0.25, -0.2) is 8.42 Å². The Balaban J connectivity index is 1.57. The highest BCUT2D eigenvalue weighted by molar-refractivity contribution is 7.92. The monoisotopic (exact) mass is 545 g/mol. The van der Waals surface area contributed by atoms with Crippen molar-refractivity contribution >= 4 is 54.8 Å². The lowest BCUT2D eigenvalue weighted by Crippen LogP contribution is -2.26. The van der Waals surface area contributed by atoms with Gasteiger partial charge in [0, 0.05) is 25.3 Å². The number of anilines is 1. The molecule has 4 rings (SSSR count). The highest BCUT2D eigenvalue weighted by Gasteiger charge is 2.20. The molecule has 0 saturated carbocycles. The molecule has 188 valence electrons. The van der Waals surface area contributed by atoms with Crippen LogP contribution in [0.4, 0.5) is 5.69 Å². The molecule has 0 saturated heterocycles. The van der Waals surface area contributed by atoms with Gasteiger partial charge in [0.05, 0.1) is 32.9 Å². The second-order valence-electron chi connectivity index (χ2n) is 7.96. The minimum absolute atomic E-state index is 0.00908. The smallest absolute Gasteiger partial charge is 0.308 e. The van der Waals surface area contributed by atoms with E-state index in [4.69, 9.17) is 16.3 Å². The Morgan fingerprint density at radius 2 is 1.83 bits per heavy atom. The van der Waals surface area contributed by atoms with Gasteiger partial charge in [-0.1, -0.05) is 47.2 Å². The minimum atomic E-state index is -4.03. The summed E-state index contributed by atoms with van der Waals surface area (Å²) in [4.78, 5) is 25.0. The van der Waals surface area contributed by atoms with E-state index in [1.165, 1.54) is 18.2 Å². The van der Waals surface area contributed by atoms with Crippen LogP contribution in [0, 0.1) is 0 Å². The zero-order valence-electron chi connectivity index (χ0n) is 19.4. The number of carbonyl (C=O) groups is 1. The fourth-order valence-corrected chi connectivity index (χ4v) is 5.86. The van der Waals surface area contributed by atoms with E-state index in [1.54, 1.807) is 48.1 Å². The Bertz CT molecular complexity index is 1550. The average Bonchev–Trinajstić information content (AvgIpc) is 3.17. The van der Waals surface area contributed by atoms with Gasteiger partial charge in [-0.2, -0.15) is 0 Å². The quantitative estimate of drug-likeness (QED) is 0.288. The summed E-state index contributed by atoms with van der Waals surface area (Å²) < 4.78 is 36.0. The first-order valence-electron chi connectivity index (χ1n) is 11.1. The van der Waals surface area contributed by atoms with E-state index in [1.807, 2.05) is 12.1 Å². The number of nitrogens with zero attached hydrogens (tertiary/aromatic N) is 1. The van der Waals surface area contributed by atoms with Crippen molar-refractivity contribution in [1.29, 1.82) is 0 Å². The number of halogens is 1. The van der Waals surface area contributed by atoms with Gasteiger partial charge in [0.15, 0.2) is 0 Å². The highest BCUT2D eigenvalue weighted by atomic mass is 35.5. The van der Waals surface area contributed by atoms with E-state index in [2.05, 4.69) is 10.0 Å². The van der Waals surface area contributed by atoms with Gasteiger partial charge in [-0.3, -0.25) is 18.9 Å². The van der Waals surface area contributed by atoms with Crippen molar-refractivity contribution in [1.82, 2.24) is 9.88 Å². The lowest BCUT2D eigenvalue weighted by Gasteiger charge is -2.13. The van der Waals surface area contributed by atoms with E-state index in [-0.39, 0.29) is 21.0 Å². The molecule has 3 aromatic carbocycles. The molecule has 0 spiro atoms. The summed E-state index contributed by atoms with van der Waals surface area (Å²) in [5, 5.41) is 3.36. The van der Waals surface area contributed by atoms with Crippen LogP contribution in [0.5, 0.6) is 0 Å². The summed E-state index contributed by atoms with van der Waals surface area (Å²) in [6, 6.07) is 18.1. The molecule has 0 unspecified atom stereocenters. The van der Waals surface area contributed by atoms with E-state index in [0.29, 0.717) is 41.4 Å². The number of amides is 1. The summed E-state index contributed by atoms with van der Waals surface area (Å²) in [5.74, 6) is -0.391. The molecule has 0 fully saturated rings. The third-order valence-corrected chi connectivity index (χ3v) is 7.99. The number of nitrogens with one attached hydrogen (secondary N) is 2. The van der Waals surface area contributed by atoms with E-state index < -0.39 is 15.9 Å². The van der Waals surface area contributed by atoms with Gasteiger partial charge in [0.25, 0.3) is 15.9 Å². The summed E-state index contributed by atoms with van der Waals surface area (Å²) in [5.41, 5.74) is 1.90. The van der Waals surface area contributed by atoms with Crippen LogP contribution in [-0.4, -0.2) is 39.2 Å². The topological polar surface area (TPSA) is 106 Å². The van der Waals surface area contributed by atoms with Crippen molar-refractivity contribution in [2.24, 2.45) is 0 Å². The summed E-state index contributed by atoms with van der Waals surface area (Å²) >= 11 is 6.92.